The maximum Gasteiger partial charge on any atom is 0.338 e. The third-order valence-electron chi connectivity index (χ3n) is 5.04. The number of carbonyl (C=O) groups is 2. The third-order valence-corrected chi connectivity index (χ3v) is 6.06. The molecule has 0 bridgehead atoms. The Labute approximate surface area is 168 Å². The lowest BCUT2D eigenvalue weighted by Crippen LogP contribution is -2.38. The highest BCUT2D eigenvalue weighted by atomic mass is 32.1. The molecule has 0 saturated carbocycles. The first-order valence-corrected chi connectivity index (χ1v) is 10.4. The predicted octanol–water partition coefficient (Wildman–Crippen LogP) is 3.05. The zero-order chi connectivity index (χ0) is 19.3. The maximum atomic E-state index is 12.4. The average Bonchev–Trinajstić information content (AvgIpc) is 3.41. The summed E-state index contributed by atoms with van der Waals surface area (Å²) in [6, 6.07) is 8.81. The second kappa shape index (κ2) is 8.75. The molecular weight excluding hydrogens is 378 g/mol. The van der Waals surface area contributed by atoms with E-state index in [9.17, 15) is 9.59 Å². The molecule has 4 rings (SSSR count). The minimum Gasteiger partial charge on any atom is -0.491 e. The lowest BCUT2D eigenvalue weighted by Gasteiger charge is -2.26. The molecule has 2 aromatic rings. The van der Waals surface area contributed by atoms with Crippen molar-refractivity contribution in [1.82, 2.24) is 4.90 Å². The van der Waals surface area contributed by atoms with Gasteiger partial charge in [0, 0.05) is 24.6 Å². The van der Waals surface area contributed by atoms with Gasteiger partial charge in [0.15, 0.2) is 6.61 Å². The first kappa shape index (κ1) is 19.0. The van der Waals surface area contributed by atoms with Crippen LogP contribution in [0.2, 0.25) is 0 Å². The lowest BCUT2D eigenvalue weighted by atomic mass is 10.1. The molecule has 1 unspecified atom stereocenters. The van der Waals surface area contributed by atoms with E-state index in [-0.39, 0.29) is 18.6 Å². The third kappa shape index (κ3) is 4.54. The van der Waals surface area contributed by atoms with E-state index < -0.39 is 5.97 Å². The van der Waals surface area contributed by atoms with Crippen molar-refractivity contribution in [3.8, 4) is 5.75 Å². The van der Waals surface area contributed by atoms with Crippen LogP contribution in [0, 0.1) is 0 Å². The van der Waals surface area contributed by atoms with Crippen LogP contribution in [0.3, 0.4) is 0 Å². The van der Waals surface area contributed by atoms with Gasteiger partial charge in [-0.25, -0.2) is 4.79 Å². The van der Waals surface area contributed by atoms with Crippen molar-refractivity contribution in [2.45, 2.75) is 31.9 Å². The molecule has 2 aliphatic rings. The van der Waals surface area contributed by atoms with Crippen molar-refractivity contribution >= 4 is 23.2 Å². The second-order valence-corrected chi connectivity index (χ2v) is 7.98. The minimum atomic E-state index is -0.507. The summed E-state index contributed by atoms with van der Waals surface area (Å²) in [7, 11) is 0. The molecule has 0 radical (unpaired) electrons. The van der Waals surface area contributed by atoms with Gasteiger partial charge in [0.2, 0.25) is 0 Å². The lowest BCUT2D eigenvalue weighted by molar-refractivity contribution is -0.135. The Morgan fingerprint density at radius 2 is 2.07 bits per heavy atom. The SMILES string of the molecule is O=C(OCC(=O)N1CCc2sccc2C1)c1ccc(OCC2CCCO2)cc1. The van der Waals surface area contributed by atoms with E-state index in [1.165, 1.54) is 10.4 Å². The summed E-state index contributed by atoms with van der Waals surface area (Å²) in [5.74, 6) is 0.0111. The summed E-state index contributed by atoms with van der Waals surface area (Å²) < 4.78 is 16.4. The summed E-state index contributed by atoms with van der Waals surface area (Å²) in [5, 5.41) is 2.05. The van der Waals surface area contributed by atoms with Gasteiger partial charge in [-0.2, -0.15) is 0 Å². The monoisotopic (exact) mass is 401 g/mol. The maximum absolute atomic E-state index is 12.4. The van der Waals surface area contributed by atoms with E-state index in [1.54, 1.807) is 40.5 Å². The number of thiophene rings is 1. The molecule has 1 atom stereocenters. The number of nitrogens with zero attached hydrogens (tertiary/aromatic N) is 1. The van der Waals surface area contributed by atoms with Gasteiger partial charge in [-0.15, -0.1) is 11.3 Å². The molecule has 2 aliphatic heterocycles. The Balaban J connectivity index is 1.23. The fraction of sp³-hybridized carbons (Fsp3) is 0.429. The Kier molecular flexibility index (Phi) is 5.92. The number of hydrogen-bond donors (Lipinski definition) is 0. The molecule has 0 N–H and O–H groups in total. The second-order valence-electron chi connectivity index (χ2n) is 6.98. The van der Waals surface area contributed by atoms with Gasteiger partial charge in [-0.05, 0) is 60.5 Å². The quantitative estimate of drug-likeness (QED) is 0.696. The van der Waals surface area contributed by atoms with Crippen molar-refractivity contribution in [1.29, 1.82) is 0 Å². The zero-order valence-corrected chi connectivity index (χ0v) is 16.4. The number of amides is 1. The van der Waals surface area contributed by atoms with Gasteiger partial charge in [0.1, 0.15) is 12.4 Å². The highest BCUT2D eigenvalue weighted by Crippen LogP contribution is 2.24. The zero-order valence-electron chi connectivity index (χ0n) is 15.6. The molecule has 0 aliphatic carbocycles. The number of carbonyl (C=O) groups excluding carboxylic acids is 2. The number of esters is 1. The molecule has 3 heterocycles. The van der Waals surface area contributed by atoms with Crippen molar-refractivity contribution in [3.05, 3.63) is 51.7 Å². The number of fused-ring (bicyclic) bond motifs is 1. The minimum absolute atomic E-state index is 0.149. The van der Waals surface area contributed by atoms with Crippen LogP contribution in [-0.4, -0.2) is 49.2 Å². The Morgan fingerprint density at radius 3 is 2.86 bits per heavy atom. The largest absolute Gasteiger partial charge is 0.491 e. The standard InChI is InChI=1S/C21H23NO5S/c23-20(22-9-7-19-16(12-22)8-11-28-19)14-27-21(24)15-3-5-17(6-4-15)26-13-18-2-1-10-25-18/h3-6,8,11,18H,1-2,7,9-10,12-14H2. The fourth-order valence-corrected chi connectivity index (χ4v) is 4.31. The summed E-state index contributed by atoms with van der Waals surface area (Å²) >= 11 is 1.73. The van der Waals surface area contributed by atoms with E-state index in [0.29, 0.717) is 31.0 Å². The van der Waals surface area contributed by atoms with Crippen molar-refractivity contribution < 1.29 is 23.8 Å². The van der Waals surface area contributed by atoms with Crippen LogP contribution in [0.4, 0.5) is 0 Å². The molecule has 28 heavy (non-hydrogen) atoms. The number of ether oxygens (including phenoxy) is 3. The smallest absolute Gasteiger partial charge is 0.338 e. The van der Waals surface area contributed by atoms with Crippen LogP contribution in [0.25, 0.3) is 0 Å². The molecule has 0 spiro atoms. The van der Waals surface area contributed by atoms with Gasteiger partial charge in [0.05, 0.1) is 11.7 Å². The molecule has 1 aromatic heterocycles. The van der Waals surface area contributed by atoms with Crippen molar-refractivity contribution in [2.75, 3.05) is 26.4 Å². The van der Waals surface area contributed by atoms with E-state index in [4.69, 9.17) is 14.2 Å². The normalized spacial score (nSPS) is 18.6. The summed E-state index contributed by atoms with van der Waals surface area (Å²) in [6.45, 7) is 2.32. The van der Waals surface area contributed by atoms with E-state index >= 15 is 0 Å². The summed E-state index contributed by atoms with van der Waals surface area (Å²) in [5.41, 5.74) is 1.59. The summed E-state index contributed by atoms with van der Waals surface area (Å²) in [6.07, 6.45) is 3.10. The van der Waals surface area contributed by atoms with Gasteiger partial charge in [-0.1, -0.05) is 0 Å². The number of hydrogen-bond acceptors (Lipinski definition) is 6. The number of rotatable bonds is 6. The molecule has 1 fully saturated rings. The first-order chi connectivity index (χ1) is 13.7. The van der Waals surface area contributed by atoms with E-state index in [1.807, 2.05) is 11.4 Å². The van der Waals surface area contributed by atoms with Crippen LogP contribution < -0.4 is 4.74 Å². The van der Waals surface area contributed by atoms with Gasteiger partial charge < -0.3 is 19.1 Å². The summed E-state index contributed by atoms with van der Waals surface area (Å²) in [4.78, 5) is 27.6. The molecule has 1 aromatic carbocycles. The molecule has 7 heteroatoms. The molecular formula is C21H23NO5S. The van der Waals surface area contributed by atoms with Crippen LogP contribution in [0.15, 0.2) is 35.7 Å². The Morgan fingerprint density at radius 1 is 1.21 bits per heavy atom. The number of benzene rings is 1. The predicted molar refractivity (Wildman–Crippen MR) is 105 cm³/mol. The average molecular weight is 401 g/mol. The van der Waals surface area contributed by atoms with E-state index in [2.05, 4.69) is 0 Å². The van der Waals surface area contributed by atoms with Crippen molar-refractivity contribution in [2.24, 2.45) is 0 Å². The Hall–Kier alpha value is -2.38. The fourth-order valence-electron chi connectivity index (χ4n) is 3.42. The Bertz CT molecular complexity index is 826. The molecule has 148 valence electrons. The highest BCUT2D eigenvalue weighted by Gasteiger charge is 2.22. The van der Waals surface area contributed by atoms with Gasteiger partial charge >= 0.3 is 5.97 Å². The molecule has 1 amide bonds. The van der Waals surface area contributed by atoms with E-state index in [0.717, 1.165) is 25.9 Å². The topological polar surface area (TPSA) is 65.1 Å². The first-order valence-electron chi connectivity index (χ1n) is 9.53. The molecule has 6 nitrogen and oxygen atoms in total. The van der Waals surface area contributed by atoms with Crippen LogP contribution in [0.1, 0.15) is 33.6 Å². The molecule has 1 saturated heterocycles. The van der Waals surface area contributed by atoms with Gasteiger partial charge in [0.25, 0.3) is 5.91 Å². The van der Waals surface area contributed by atoms with Crippen LogP contribution in [-0.2, 0) is 27.2 Å². The van der Waals surface area contributed by atoms with Gasteiger partial charge in [-0.3, -0.25) is 4.79 Å². The van der Waals surface area contributed by atoms with Crippen LogP contribution >= 0.6 is 11.3 Å². The van der Waals surface area contributed by atoms with Crippen molar-refractivity contribution in [3.63, 3.8) is 0 Å². The highest BCUT2D eigenvalue weighted by molar-refractivity contribution is 7.10. The van der Waals surface area contributed by atoms with Crippen LogP contribution in [0.5, 0.6) is 5.75 Å².